The molecule has 0 aromatic rings. The molecule has 0 aromatic carbocycles. The fraction of sp³-hybridized carbons (Fsp3) is 0.808. The van der Waals surface area contributed by atoms with E-state index in [0.717, 1.165) is 45.1 Å². The molecule has 5 nitrogen and oxygen atoms in total. The summed E-state index contributed by atoms with van der Waals surface area (Å²) >= 11 is 0. The number of hydrogen-bond acceptors (Lipinski definition) is 4. The van der Waals surface area contributed by atoms with Crippen LogP contribution in [-0.4, -0.2) is 41.8 Å². The monoisotopic (exact) mass is 431 g/mol. The third-order valence-electron chi connectivity index (χ3n) is 7.48. The van der Waals surface area contributed by atoms with Crippen molar-refractivity contribution >= 4 is 18.0 Å². The Morgan fingerprint density at radius 2 is 1.71 bits per heavy atom. The molecule has 0 radical (unpaired) electrons. The highest BCUT2D eigenvalue weighted by molar-refractivity contribution is 5.92. The molecule has 3 rings (SSSR count). The minimum atomic E-state index is -0.713. The van der Waals surface area contributed by atoms with Gasteiger partial charge in [-0.05, 0) is 69.6 Å². The fourth-order valence-electron chi connectivity index (χ4n) is 5.76. The van der Waals surface area contributed by atoms with Gasteiger partial charge in [0.2, 0.25) is 0 Å². The van der Waals surface area contributed by atoms with E-state index < -0.39 is 5.97 Å². The molecule has 0 amide bonds. The largest absolute Gasteiger partial charge is 0.481 e. The third kappa shape index (κ3) is 7.85. The zero-order valence-electron chi connectivity index (χ0n) is 19.1. The quantitative estimate of drug-likeness (QED) is 0.215. The molecular formula is C26H41NO4. The lowest BCUT2D eigenvalue weighted by molar-refractivity contribution is -0.137. The van der Waals surface area contributed by atoms with Gasteiger partial charge in [0.05, 0.1) is 12.2 Å². The van der Waals surface area contributed by atoms with Crippen LogP contribution in [0.4, 0.5) is 0 Å². The van der Waals surface area contributed by atoms with Gasteiger partial charge in [0, 0.05) is 31.5 Å². The number of unbranched alkanes of at least 4 members (excludes halogenated alkanes) is 2. The summed E-state index contributed by atoms with van der Waals surface area (Å²) < 4.78 is 6.21. The molecule has 1 saturated carbocycles. The maximum Gasteiger partial charge on any atom is 0.303 e. The third-order valence-corrected chi connectivity index (χ3v) is 7.48. The smallest absolute Gasteiger partial charge is 0.303 e. The van der Waals surface area contributed by atoms with Crippen LogP contribution in [-0.2, 0) is 14.3 Å². The van der Waals surface area contributed by atoms with Gasteiger partial charge in [-0.2, -0.15) is 0 Å². The first-order valence-corrected chi connectivity index (χ1v) is 12.7. The Labute approximate surface area is 187 Å². The highest BCUT2D eigenvalue weighted by atomic mass is 16.5. The predicted molar refractivity (Wildman–Crippen MR) is 124 cm³/mol. The molecule has 2 saturated heterocycles. The van der Waals surface area contributed by atoms with Gasteiger partial charge < -0.3 is 9.84 Å². The molecule has 2 heterocycles. The van der Waals surface area contributed by atoms with E-state index in [1.165, 1.54) is 44.9 Å². The van der Waals surface area contributed by atoms with E-state index in [2.05, 4.69) is 17.1 Å². The second-order valence-corrected chi connectivity index (χ2v) is 9.70. The van der Waals surface area contributed by atoms with Gasteiger partial charge in [0.15, 0.2) is 0 Å². The van der Waals surface area contributed by atoms with Crippen molar-refractivity contribution < 1.29 is 19.4 Å². The molecule has 3 aliphatic rings. The molecule has 31 heavy (non-hydrogen) atoms. The summed E-state index contributed by atoms with van der Waals surface area (Å²) in [4.78, 5) is 27.3. The van der Waals surface area contributed by atoms with Gasteiger partial charge in [-0.1, -0.05) is 37.8 Å². The van der Waals surface area contributed by atoms with Crippen LogP contribution in [0.25, 0.3) is 0 Å². The normalized spacial score (nSPS) is 28.8. The van der Waals surface area contributed by atoms with E-state index in [4.69, 9.17) is 9.84 Å². The van der Waals surface area contributed by atoms with Gasteiger partial charge in [-0.25, -0.2) is 0 Å². The van der Waals surface area contributed by atoms with E-state index in [-0.39, 0.29) is 6.42 Å². The van der Waals surface area contributed by atoms with E-state index in [0.29, 0.717) is 42.2 Å². The number of Topliss-reactive ketones (excluding diaryl/α,β-unsaturated/α-hetero) is 1. The summed E-state index contributed by atoms with van der Waals surface area (Å²) in [5.41, 5.74) is 0. The summed E-state index contributed by atoms with van der Waals surface area (Å²) in [6.45, 7) is 0.827. The number of carbonyl (C=O) groups is 2. The molecular weight excluding hydrogens is 390 g/mol. The van der Waals surface area contributed by atoms with Crippen LogP contribution < -0.4 is 0 Å². The number of aliphatic imine (C=N–C) groups is 1. The summed E-state index contributed by atoms with van der Waals surface area (Å²) in [6, 6.07) is 0. The van der Waals surface area contributed by atoms with E-state index >= 15 is 0 Å². The maximum atomic E-state index is 12.2. The van der Waals surface area contributed by atoms with Crippen molar-refractivity contribution in [2.75, 3.05) is 6.54 Å². The highest BCUT2D eigenvalue weighted by Crippen LogP contribution is 2.47. The number of nitrogens with zero attached hydrogens (tertiary/aromatic N) is 1. The lowest BCUT2D eigenvalue weighted by Gasteiger charge is -2.27. The van der Waals surface area contributed by atoms with E-state index in [1.54, 1.807) is 0 Å². The molecule has 1 aliphatic carbocycles. The van der Waals surface area contributed by atoms with Crippen molar-refractivity contribution in [2.45, 2.75) is 109 Å². The second kappa shape index (κ2) is 13.1. The number of carbonyl (C=O) groups excluding carboxylic acids is 1. The van der Waals surface area contributed by atoms with Crippen LogP contribution in [0.5, 0.6) is 0 Å². The Morgan fingerprint density at radius 1 is 0.935 bits per heavy atom. The zero-order valence-corrected chi connectivity index (χ0v) is 19.1. The lowest BCUT2D eigenvalue weighted by Crippen LogP contribution is -2.26. The van der Waals surface area contributed by atoms with Crippen LogP contribution in [0.1, 0.15) is 96.3 Å². The van der Waals surface area contributed by atoms with Crippen LogP contribution >= 0.6 is 0 Å². The summed E-state index contributed by atoms with van der Waals surface area (Å²) in [6.07, 6.45) is 22.2. The molecule has 2 bridgehead atoms. The van der Waals surface area contributed by atoms with Crippen LogP contribution in [0.3, 0.4) is 0 Å². The molecule has 0 unspecified atom stereocenters. The molecule has 174 valence electrons. The van der Waals surface area contributed by atoms with Gasteiger partial charge in [-0.3, -0.25) is 14.6 Å². The van der Waals surface area contributed by atoms with E-state index in [9.17, 15) is 9.59 Å². The Bertz CT molecular complexity index is 623. The van der Waals surface area contributed by atoms with Crippen LogP contribution in [0.2, 0.25) is 0 Å². The number of aliphatic carboxylic acids is 1. The van der Waals surface area contributed by atoms with Gasteiger partial charge in [0.25, 0.3) is 0 Å². The predicted octanol–water partition coefficient (Wildman–Crippen LogP) is 5.76. The summed E-state index contributed by atoms with van der Waals surface area (Å²) in [5.74, 6) is 1.24. The minimum absolute atomic E-state index is 0.251. The minimum Gasteiger partial charge on any atom is -0.481 e. The van der Waals surface area contributed by atoms with Crippen molar-refractivity contribution in [3.63, 3.8) is 0 Å². The van der Waals surface area contributed by atoms with Gasteiger partial charge in [-0.15, -0.1) is 0 Å². The topological polar surface area (TPSA) is 76.0 Å². The number of fused-ring (bicyclic) bond motifs is 2. The second-order valence-electron chi connectivity index (χ2n) is 9.70. The van der Waals surface area contributed by atoms with Crippen molar-refractivity contribution in [3.05, 3.63) is 12.2 Å². The number of carboxylic acid groups (broad SMARTS) is 1. The fourth-order valence-corrected chi connectivity index (χ4v) is 5.76. The molecule has 1 N–H and O–H groups in total. The number of rotatable bonds is 14. The van der Waals surface area contributed by atoms with E-state index in [1.807, 2.05) is 6.21 Å². The summed E-state index contributed by atoms with van der Waals surface area (Å²) in [7, 11) is 0. The number of carboxylic acids is 1. The highest BCUT2D eigenvalue weighted by Gasteiger charge is 2.47. The van der Waals surface area contributed by atoms with Crippen LogP contribution in [0.15, 0.2) is 17.1 Å². The maximum absolute atomic E-state index is 12.2. The zero-order chi connectivity index (χ0) is 21.9. The Hall–Kier alpha value is -1.49. The summed E-state index contributed by atoms with van der Waals surface area (Å²) in [5, 5.41) is 8.71. The molecule has 2 aliphatic heterocycles. The van der Waals surface area contributed by atoms with Crippen LogP contribution in [0, 0.1) is 17.8 Å². The first-order chi connectivity index (χ1) is 15.1. The van der Waals surface area contributed by atoms with Gasteiger partial charge >= 0.3 is 5.97 Å². The Morgan fingerprint density at radius 3 is 2.48 bits per heavy atom. The Balaban J connectivity index is 1.29. The average molecular weight is 432 g/mol. The first kappa shape index (κ1) is 24.2. The van der Waals surface area contributed by atoms with Crippen molar-refractivity contribution in [3.8, 4) is 0 Å². The SMILES string of the molecule is O=C(O)CCCC=CC[C@H]1[C@@H](CCCCN=CCC(=O)C2CCCCC2)[C@H]2CC[C@@H]1O2. The Kier molecular flexibility index (Phi) is 10.2. The average Bonchev–Trinajstić information content (AvgIpc) is 3.38. The molecule has 3 fully saturated rings. The molecule has 5 heteroatoms. The van der Waals surface area contributed by atoms with Crippen molar-refractivity contribution in [2.24, 2.45) is 22.7 Å². The standard InChI is InChI=1S/C26H41NO4/c28-23(20-10-4-3-5-11-20)17-19-27-18-9-8-13-22-21(24-15-16-25(22)31-24)12-6-1-2-7-14-26(29)30/h1,6,19-22,24-25H,2-5,7-18H2,(H,29,30)/t21-,22+,24-,25+/m0/s1. The number of ether oxygens (including phenoxy) is 1. The number of ketones is 1. The molecule has 0 aromatic heterocycles. The van der Waals surface area contributed by atoms with Crippen molar-refractivity contribution in [1.29, 1.82) is 0 Å². The first-order valence-electron chi connectivity index (χ1n) is 12.7. The lowest BCUT2D eigenvalue weighted by atomic mass is 9.75. The number of hydrogen-bond donors (Lipinski definition) is 1. The van der Waals surface area contributed by atoms with Gasteiger partial charge in [0.1, 0.15) is 5.78 Å². The van der Waals surface area contributed by atoms with Crippen molar-refractivity contribution in [1.82, 2.24) is 0 Å². The molecule has 0 spiro atoms. The molecule has 4 atom stereocenters. The number of allylic oxidation sites excluding steroid dienone is 2.